The summed E-state index contributed by atoms with van der Waals surface area (Å²) in [5.74, 6) is -2.70. The van der Waals surface area contributed by atoms with Crippen molar-refractivity contribution in [2.75, 3.05) is 6.54 Å². The van der Waals surface area contributed by atoms with E-state index in [1.54, 1.807) is 6.07 Å². The van der Waals surface area contributed by atoms with Gasteiger partial charge in [0.2, 0.25) is 0 Å². The Bertz CT molecular complexity index is 1260. The lowest BCUT2D eigenvalue weighted by molar-refractivity contribution is -0.384. The SMILES string of the molecule is O=C1C(=O)N(CCc2ccccc2)C(c2cccc([N+](=O)[O-])c2)C1=C(O)c1ccc(F)cc1. The van der Waals surface area contributed by atoms with E-state index >= 15 is 0 Å². The third kappa shape index (κ3) is 4.36. The van der Waals surface area contributed by atoms with Gasteiger partial charge in [0.15, 0.2) is 0 Å². The minimum Gasteiger partial charge on any atom is -0.507 e. The number of halogens is 1. The molecule has 3 aromatic carbocycles. The van der Waals surface area contributed by atoms with Gasteiger partial charge in [-0.15, -0.1) is 0 Å². The molecule has 0 aromatic heterocycles. The summed E-state index contributed by atoms with van der Waals surface area (Å²) in [6.07, 6.45) is 0.440. The van der Waals surface area contributed by atoms with Crippen LogP contribution in [0.15, 0.2) is 84.4 Å². The highest BCUT2D eigenvalue weighted by atomic mass is 19.1. The maximum Gasteiger partial charge on any atom is 0.295 e. The van der Waals surface area contributed by atoms with Crippen LogP contribution in [0.4, 0.5) is 10.1 Å². The Kier molecular flexibility index (Phi) is 5.99. The highest BCUT2D eigenvalue weighted by Crippen LogP contribution is 2.40. The standard InChI is InChI=1S/C25H19FN2O5/c26-19-11-9-17(10-12-19)23(29)21-22(18-7-4-8-20(15-18)28(32)33)27(25(31)24(21)30)14-13-16-5-2-1-3-6-16/h1-12,15,22,29H,13-14H2. The van der Waals surface area contributed by atoms with Gasteiger partial charge in [-0.3, -0.25) is 19.7 Å². The fourth-order valence-corrected chi connectivity index (χ4v) is 3.92. The van der Waals surface area contributed by atoms with Crippen LogP contribution in [-0.4, -0.2) is 33.2 Å². The number of aliphatic hydroxyl groups excluding tert-OH is 1. The Morgan fingerprint density at radius 1 is 1.00 bits per heavy atom. The average Bonchev–Trinajstić information content (AvgIpc) is 3.08. The molecule has 0 aliphatic carbocycles. The first-order valence-corrected chi connectivity index (χ1v) is 10.2. The number of hydrogen-bond acceptors (Lipinski definition) is 5. The van der Waals surface area contributed by atoms with Crippen LogP contribution < -0.4 is 0 Å². The van der Waals surface area contributed by atoms with Crippen LogP contribution in [0.2, 0.25) is 0 Å². The van der Waals surface area contributed by atoms with Crippen molar-refractivity contribution in [3.63, 3.8) is 0 Å². The topological polar surface area (TPSA) is 101 Å². The quantitative estimate of drug-likeness (QED) is 0.199. The van der Waals surface area contributed by atoms with Gasteiger partial charge >= 0.3 is 0 Å². The Hall–Kier alpha value is -4.33. The molecule has 1 unspecified atom stereocenters. The summed E-state index contributed by atoms with van der Waals surface area (Å²) in [6, 6.07) is 18.8. The molecule has 33 heavy (non-hydrogen) atoms. The third-order valence-corrected chi connectivity index (χ3v) is 5.54. The zero-order valence-corrected chi connectivity index (χ0v) is 17.3. The summed E-state index contributed by atoms with van der Waals surface area (Å²) in [5, 5.41) is 22.3. The minimum absolute atomic E-state index is 0.155. The molecule has 0 bridgehead atoms. The van der Waals surface area contributed by atoms with Crippen molar-refractivity contribution in [3.8, 4) is 0 Å². The Balaban J connectivity index is 1.82. The number of nitro groups is 1. The van der Waals surface area contributed by atoms with Crippen LogP contribution in [0.1, 0.15) is 22.7 Å². The van der Waals surface area contributed by atoms with Crippen molar-refractivity contribution in [1.82, 2.24) is 4.90 Å². The monoisotopic (exact) mass is 446 g/mol. The molecule has 1 heterocycles. The molecule has 1 atom stereocenters. The summed E-state index contributed by atoms with van der Waals surface area (Å²) in [6.45, 7) is 0.155. The molecule has 166 valence electrons. The van der Waals surface area contributed by atoms with Crippen LogP contribution in [0.5, 0.6) is 0 Å². The third-order valence-electron chi connectivity index (χ3n) is 5.54. The molecule has 1 N–H and O–H groups in total. The maximum atomic E-state index is 13.4. The molecular weight excluding hydrogens is 427 g/mol. The van der Waals surface area contributed by atoms with Gasteiger partial charge in [-0.25, -0.2) is 4.39 Å². The van der Waals surface area contributed by atoms with Gasteiger partial charge in [0, 0.05) is 24.2 Å². The van der Waals surface area contributed by atoms with E-state index in [9.17, 15) is 29.2 Å². The largest absolute Gasteiger partial charge is 0.507 e. The lowest BCUT2D eigenvalue weighted by Gasteiger charge is -2.25. The van der Waals surface area contributed by atoms with Gasteiger partial charge in [0.25, 0.3) is 17.4 Å². The molecule has 0 radical (unpaired) electrons. The van der Waals surface area contributed by atoms with Gasteiger partial charge in [-0.2, -0.15) is 0 Å². The number of carbonyl (C=O) groups excluding carboxylic acids is 2. The minimum atomic E-state index is -1.03. The van der Waals surface area contributed by atoms with Gasteiger partial charge in [0.05, 0.1) is 16.5 Å². The molecule has 0 spiro atoms. The van der Waals surface area contributed by atoms with Crippen molar-refractivity contribution in [1.29, 1.82) is 0 Å². The number of non-ortho nitro benzene ring substituents is 1. The van der Waals surface area contributed by atoms with E-state index in [1.165, 1.54) is 35.2 Å². The van der Waals surface area contributed by atoms with Gasteiger partial charge in [-0.05, 0) is 41.8 Å². The van der Waals surface area contributed by atoms with E-state index in [4.69, 9.17) is 0 Å². The molecule has 1 aliphatic heterocycles. The van der Waals surface area contributed by atoms with Gasteiger partial charge in [0.1, 0.15) is 11.6 Å². The number of rotatable bonds is 6. The van der Waals surface area contributed by atoms with Crippen LogP contribution in [0.25, 0.3) is 5.76 Å². The zero-order valence-electron chi connectivity index (χ0n) is 17.3. The number of benzene rings is 3. The summed E-state index contributed by atoms with van der Waals surface area (Å²) in [7, 11) is 0. The fraction of sp³-hybridized carbons (Fsp3) is 0.120. The van der Waals surface area contributed by atoms with E-state index in [0.29, 0.717) is 12.0 Å². The second kappa shape index (κ2) is 9.04. The molecule has 1 amide bonds. The highest BCUT2D eigenvalue weighted by Gasteiger charge is 2.46. The summed E-state index contributed by atoms with van der Waals surface area (Å²) in [4.78, 5) is 38.0. The molecule has 1 saturated heterocycles. The van der Waals surface area contributed by atoms with Crippen molar-refractivity contribution < 1.29 is 24.0 Å². The van der Waals surface area contributed by atoms with Gasteiger partial charge < -0.3 is 10.0 Å². The highest BCUT2D eigenvalue weighted by molar-refractivity contribution is 6.46. The number of nitro benzene ring substituents is 1. The summed E-state index contributed by atoms with van der Waals surface area (Å²) >= 11 is 0. The van der Waals surface area contributed by atoms with E-state index in [2.05, 4.69) is 0 Å². The molecule has 1 fully saturated rings. The number of hydrogen-bond donors (Lipinski definition) is 1. The predicted molar refractivity (Wildman–Crippen MR) is 119 cm³/mol. The number of aliphatic hydroxyl groups is 1. The van der Waals surface area contributed by atoms with Crippen molar-refractivity contribution >= 4 is 23.1 Å². The van der Waals surface area contributed by atoms with E-state index < -0.39 is 34.2 Å². The van der Waals surface area contributed by atoms with Crippen molar-refractivity contribution in [2.45, 2.75) is 12.5 Å². The molecule has 7 nitrogen and oxygen atoms in total. The number of nitrogens with zero attached hydrogens (tertiary/aromatic N) is 2. The second-order valence-corrected chi connectivity index (χ2v) is 7.59. The molecule has 1 aliphatic rings. The summed E-state index contributed by atoms with van der Waals surface area (Å²) in [5.41, 5.74) is 1.02. The summed E-state index contributed by atoms with van der Waals surface area (Å²) < 4.78 is 13.4. The number of ketones is 1. The van der Waals surface area contributed by atoms with Crippen molar-refractivity contribution in [3.05, 3.63) is 117 Å². The van der Waals surface area contributed by atoms with Crippen LogP contribution in [-0.2, 0) is 16.0 Å². The van der Waals surface area contributed by atoms with Crippen LogP contribution in [0.3, 0.4) is 0 Å². The lowest BCUT2D eigenvalue weighted by Crippen LogP contribution is -2.31. The van der Waals surface area contributed by atoms with E-state index in [1.807, 2.05) is 30.3 Å². The molecule has 3 aromatic rings. The number of carbonyl (C=O) groups is 2. The first-order chi connectivity index (χ1) is 15.9. The lowest BCUT2D eigenvalue weighted by atomic mass is 9.95. The molecule has 8 heteroatoms. The van der Waals surface area contributed by atoms with Crippen LogP contribution in [0, 0.1) is 15.9 Å². The number of likely N-dealkylation sites (tertiary alicyclic amines) is 1. The van der Waals surface area contributed by atoms with Crippen molar-refractivity contribution in [2.24, 2.45) is 0 Å². The molecule has 0 saturated carbocycles. The second-order valence-electron chi connectivity index (χ2n) is 7.59. The van der Waals surface area contributed by atoms with E-state index in [-0.39, 0.29) is 23.4 Å². The Morgan fingerprint density at radius 3 is 2.36 bits per heavy atom. The number of Topliss-reactive ketones (excluding diaryl/α,β-unsaturated/α-hetero) is 1. The first-order valence-electron chi connectivity index (χ1n) is 10.2. The van der Waals surface area contributed by atoms with E-state index in [0.717, 1.165) is 17.7 Å². The average molecular weight is 446 g/mol. The molecular formula is C25H19FN2O5. The maximum absolute atomic E-state index is 13.4. The Labute approximate surface area is 188 Å². The Morgan fingerprint density at radius 2 is 1.70 bits per heavy atom. The zero-order chi connectivity index (χ0) is 23.5. The van der Waals surface area contributed by atoms with Gasteiger partial charge in [-0.1, -0.05) is 42.5 Å². The predicted octanol–water partition coefficient (Wildman–Crippen LogP) is 4.40. The normalized spacial score (nSPS) is 17.4. The number of amides is 1. The van der Waals surface area contributed by atoms with Crippen LogP contribution >= 0.6 is 0 Å². The smallest absolute Gasteiger partial charge is 0.295 e. The fourth-order valence-electron chi connectivity index (χ4n) is 3.92. The molecule has 4 rings (SSSR count). The first kappa shape index (κ1) is 21.9.